The third-order valence-corrected chi connectivity index (χ3v) is 5.71. The number of hydrogen-bond donors (Lipinski definition) is 2. The van der Waals surface area contributed by atoms with E-state index in [2.05, 4.69) is 4.72 Å². The van der Waals surface area contributed by atoms with Crippen molar-refractivity contribution in [1.29, 1.82) is 0 Å². The van der Waals surface area contributed by atoms with Crippen LogP contribution in [0.15, 0.2) is 34.5 Å². The smallest absolute Gasteiger partial charge is 0.271 e. The zero-order valence-electron chi connectivity index (χ0n) is 10.6. The molecular formula is C12H13ClN2O3S2. The maximum Gasteiger partial charge on any atom is 0.271 e. The van der Waals surface area contributed by atoms with Crippen molar-refractivity contribution in [2.24, 2.45) is 5.73 Å². The van der Waals surface area contributed by atoms with Crippen LogP contribution in [-0.4, -0.2) is 15.5 Å². The van der Waals surface area contributed by atoms with Gasteiger partial charge in [-0.15, -0.1) is 11.3 Å². The van der Waals surface area contributed by atoms with Crippen LogP contribution in [0.4, 0.5) is 5.69 Å². The van der Waals surface area contributed by atoms with Gasteiger partial charge in [-0.3, -0.25) is 4.72 Å². The standard InChI is InChI=1S/C12H13ClN2O3S2/c1-18-11-4-2-8(13)6-10(11)15-20(16,17)12-5-3-9(7-14)19-12/h2-6,15H,7,14H2,1H3. The summed E-state index contributed by atoms with van der Waals surface area (Å²) < 4.78 is 32.3. The third kappa shape index (κ3) is 3.24. The zero-order chi connectivity index (χ0) is 14.8. The van der Waals surface area contributed by atoms with Crippen LogP contribution in [-0.2, 0) is 16.6 Å². The summed E-state index contributed by atoms with van der Waals surface area (Å²) in [5, 5.41) is 0.414. The number of rotatable bonds is 5. The molecule has 0 radical (unpaired) electrons. The molecule has 1 heterocycles. The van der Waals surface area contributed by atoms with Gasteiger partial charge in [-0.1, -0.05) is 11.6 Å². The number of ether oxygens (including phenoxy) is 1. The Balaban J connectivity index is 2.35. The molecule has 0 saturated heterocycles. The molecule has 0 aliphatic rings. The molecule has 0 unspecified atom stereocenters. The molecule has 2 aromatic rings. The van der Waals surface area contributed by atoms with Crippen LogP contribution in [0.5, 0.6) is 5.75 Å². The van der Waals surface area contributed by atoms with Crippen molar-refractivity contribution in [3.63, 3.8) is 0 Å². The van der Waals surface area contributed by atoms with E-state index in [0.29, 0.717) is 23.0 Å². The molecular weight excluding hydrogens is 320 g/mol. The Morgan fingerprint density at radius 2 is 2.10 bits per heavy atom. The van der Waals surface area contributed by atoms with Gasteiger partial charge in [0.1, 0.15) is 9.96 Å². The van der Waals surface area contributed by atoms with E-state index < -0.39 is 10.0 Å². The van der Waals surface area contributed by atoms with E-state index in [-0.39, 0.29) is 4.21 Å². The molecule has 0 amide bonds. The number of anilines is 1. The number of methoxy groups -OCH3 is 1. The van der Waals surface area contributed by atoms with E-state index in [1.165, 1.54) is 19.2 Å². The first kappa shape index (κ1) is 15.1. The second-order valence-corrected chi connectivity index (χ2v) is 7.39. The molecule has 0 aliphatic heterocycles. The lowest BCUT2D eigenvalue weighted by molar-refractivity contribution is 0.417. The minimum atomic E-state index is -3.68. The lowest BCUT2D eigenvalue weighted by atomic mass is 10.3. The van der Waals surface area contributed by atoms with Crippen molar-refractivity contribution in [3.05, 3.63) is 40.2 Å². The molecule has 1 aromatic carbocycles. The van der Waals surface area contributed by atoms with Crippen LogP contribution in [0.3, 0.4) is 0 Å². The van der Waals surface area contributed by atoms with Gasteiger partial charge in [-0.05, 0) is 30.3 Å². The SMILES string of the molecule is COc1ccc(Cl)cc1NS(=O)(=O)c1ccc(CN)s1. The number of thiophene rings is 1. The summed E-state index contributed by atoms with van der Waals surface area (Å²) in [6, 6.07) is 7.92. The van der Waals surface area contributed by atoms with Gasteiger partial charge in [0.25, 0.3) is 10.0 Å². The van der Waals surface area contributed by atoms with Gasteiger partial charge in [-0.25, -0.2) is 8.42 Å². The molecule has 5 nitrogen and oxygen atoms in total. The fourth-order valence-corrected chi connectivity index (χ4v) is 4.04. The number of halogens is 1. The fraction of sp³-hybridized carbons (Fsp3) is 0.167. The van der Waals surface area contributed by atoms with Crippen LogP contribution < -0.4 is 15.2 Å². The minimum absolute atomic E-state index is 0.194. The summed E-state index contributed by atoms with van der Waals surface area (Å²) in [4.78, 5) is 0.795. The van der Waals surface area contributed by atoms with E-state index in [9.17, 15) is 8.42 Å². The Labute approximate surface area is 126 Å². The Morgan fingerprint density at radius 1 is 1.35 bits per heavy atom. The predicted octanol–water partition coefficient (Wildman–Crippen LogP) is 2.67. The molecule has 0 atom stereocenters. The second kappa shape index (κ2) is 6.01. The molecule has 0 fully saturated rings. The average molecular weight is 333 g/mol. The molecule has 0 aliphatic carbocycles. The van der Waals surface area contributed by atoms with Crippen molar-refractivity contribution in [2.75, 3.05) is 11.8 Å². The monoisotopic (exact) mass is 332 g/mol. The van der Waals surface area contributed by atoms with Crippen LogP contribution in [0.25, 0.3) is 0 Å². The first-order chi connectivity index (χ1) is 9.46. The highest BCUT2D eigenvalue weighted by Gasteiger charge is 2.19. The highest BCUT2D eigenvalue weighted by molar-refractivity contribution is 7.94. The first-order valence-corrected chi connectivity index (χ1v) is 8.29. The number of hydrogen-bond acceptors (Lipinski definition) is 5. The van der Waals surface area contributed by atoms with Crippen molar-refractivity contribution >= 4 is 38.6 Å². The second-order valence-electron chi connectivity index (χ2n) is 3.87. The fourth-order valence-electron chi connectivity index (χ4n) is 1.57. The van der Waals surface area contributed by atoms with E-state index in [4.69, 9.17) is 22.1 Å². The van der Waals surface area contributed by atoms with Gasteiger partial charge in [0.2, 0.25) is 0 Å². The maximum absolute atomic E-state index is 12.3. The quantitative estimate of drug-likeness (QED) is 0.882. The Kier molecular flexibility index (Phi) is 4.54. The zero-order valence-corrected chi connectivity index (χ0v) is 13.0. The highest BCUT2D eigenvalue weighted by atomic mass is 35.5. The first-order valence-electron chi connectivity index (χ1n) is 5.61. The summed E-state index contributed by atoms with van der Waals surface area (Å²) in [5.41, 5.74) is 5.78. The number of benzene rings is 1. The maximum atomic E-state index is 12.3. The normalized spacial score (nSPS) is 11.3. The van der Waals surface area contributed by atoms with Crippen molar-refractivity contribution in [1.82, 2.24) is 0 Å². The van der Waals surface area contributed by atoms with Gasteiger partial charge < -0.3 is 10.5 Å². The molecule has 0 bridgehead atoms. The third-order valence-electron chi connectivity index (χ3n) is 2.51. The number of nitrogens with two attached hydrogens (primary N) is 1. The highest BCUT2D eigenvalue weighted by Crippen LogP contribution is 2.31. The van der Waals surface area contributed by atoms with Crippen LogP contribution in [0.1, 0.15) is 4.88 Å². The van der Waals surface area contributed by atoms with Crippen LogP contribution in [0.2, 0.25) is 5.02 Å². The molecule has 0 saturated carbocycles. The lowest BCUT2D eigenvalue weighted by Crippen LogP contribution is -2.12. The predicted molar refractivity (Wildman–Crippen MR) is 81.0 cm³/mol. The van der Waals surface area contributed by atoms with Crippen molar-refractivity contribution in [3.8, 4) is 5.75 Å². The van der Waals surface area contributed by atoms with Gasteiger partial charge in [-0.2, -0.15) is 0 Å². The molecule has 1 aromatic heterocycles. The molecule has 8 heteroatoms. The van der Waals surface area contributed by atoms with E-state index >= 15 is 0 Å². The topological polar surface area (TPSA) is 81.4 Å². The van der Waals surface area contributed by atoms with E-state index in [1.807, 2.05) is 0 Å². The number of nitrogens with one attached hydrogen (secondary N) is 1. The van der Waals surface area contributed by atoms with Crippen LogP contribution >= 0.6 is 22.9 Å². The summed E-state index contributed by atoms with van der Waals surface area (Å²) in [7, 11) is -2.22. The summed E-state index contributed by atoms with van der Waals surface area (Å²) in [6.45, 7) is 0.306. The van der Waals surface area contributed by atoms with Gasteiger partial charge in [0.15, 0.2) is 0 Å². The minimum Gasteiger partial charge on any atom is -0.495 e. The Morgan fingerprint density at radius 3 is 2.70 bits per heavy atom. The summed E-state index contributed by atoms with van der Waals surface area (Å²) in [5.74, 6) is 0.397. The van der Waals surface area contributed by atoms with Gasteiger partial charge in [0, 0.05) is 16.4 Å². The average Bonchev–Trinajstić information content (AvgIpc) is 2.88. The molecule has 20 heavy (non-hydrogen) atoms. The van der Waals surface area contributed by atoms with Gasteiger partial charge >= 0.3 is 0 Å². The molecule has 2 rings (SSSR count). The Bertz CT molecular complexity index is 713. The lowest BCUT2D eigenvalue weighted by Gasteiger charge is -2.11. The largest absolute Gasteiger partial charge is 0.495 e. The van der Waals surface area contributed by atoms with Gasteiger partial charge in [0.05, 0.1) is 12.8 Å². The van der Waals surface area contributed by atoms with Crippen molar-refractivity contribution in [2.45, 2.75) is 10.8 Å². The molecule has 0 spiro atoms. The van der Waals surface area contributed by atoms with Crippen molar-refractivity contribution < 1.29 is 13.2 Å². The Hall–Kier alpha value is -1.28. The molecule has 3 N–H and O–H groups in total. The van der Waals surface area contributed by atoms with E-state index in [0.717, 1.165) is 16.2 Å². The number of sulfonamides is 1. The van der Waals surface area contributed by atoms with Crippen LogP contribution in [0, 0.1) is 0 Å². The summed E-state index contributed by atoms with van der Waals surface area (Å²) in [6.07, 6.45) is 0. The summed E-state index contributed by atoms with van der Waals surface area (Å²) >= 11 is 7.00. The van der Waals surface area contributed by atoms with E-state index in [1.54, 1.807) is 18.2 Å². The molecule has 108 valence electrons.